The number of nitrogens with zero attached hydrogens (tertiary/aromatic N) is 2. The second-order valence-corrected chi connectivity index (χ2v) is 15.2. The van der Waals surface area contributed by atoms with Crippen molar-refractivity contribution < 1.29 is 33.8 Å². The van der Waals surface area contributed by atoms with Gasteiger partial charge in [0, 0.05) is 17.8 Å². The van der Waals surface area contributed by atoms with Crippen molar-refractivity contribution in [1.29, 1.82) is 0 Å². The van der Waals surface area contributed by atoms with Crippen LogP contribution in [0.5, 0.6) is 0 Å². The zero-order valence-electron chi connectivity index (χ0n) is 29.4. The molecule has 0 saturated carbocycles. The Hall–Kier alpha value is -4.29. The number of likely N-dealkylation sites (tertiary alicyclic amines) is 1. The Morgan fingerprint density at radius 1 is 1.06 bits per heavy atom. The number of benzene rings is 3. The smallest absolute Gasteiger partial charge is 0.313 e. The zero-order valence-corrected chi connectivity index (χ0v) is 31.7. The van der Waals surface area contributed by atoms with Crippen LogP contribution in [0.1, 0.15) is 49.5 Å². The predicted molar refractivity (Wildman–Crippen MR) is 205 cm³/mol. The average Bonchev–Trinajstić information content (AvgIpc) is 3.76. The third kappa shape index (κ3) is 7.19. The molecule has 278 valence electrons. The number of hydrogen-bond acceptors (Lipinski definition) is 7. The van der Waals surface area contributed by atoms with Crippen LogP contribution in [-0.4, -0.2) is 75.5 Å². The van der Waals surface area contributed by atoms with Crippen LogP contribution >= 0.6 is 27.5 Å². The van der Waals surface area contributed by atoms with Crippen LogP contribution in [0, 0.1) is 11.8 Å². The van der Waals surface area contributed by atoms with Crippen LogP contribution in [0.2, 0.25) is 5.02 Å². The predicted octanol–water partition coefficient (Wildman–Crippen LogP) is 6.10. The molecule has 0 aliphatic carbocycles. The number of ether oxygens (including phenoxy) is 2. The van der Waals surface area contributed by atoms with Gasteiger partial charge in [-0.15, -0.1) is 13.2 Å². The Bertz CT molecular complexity index is 1850. The van der Waals surface area contributed by atoms with Gasteiger partial charge < -0.3 is 29.7 Å². The monoisotopic (exact) mass is 803 g/mol. The number of allylic oxidation sites excluding steroid dienone is 1. The fraction of sp³-hybridized carbons (Fsp3) is 0.366. The van der Waals surface area contributed by atoms with Crippen molar-refractivity contribution in [3.05, 3.63) is 126 Å². The van der Waals surface area contributed by atoms with Crippen molar-refractivity contribution in [2.45, 2.75) is 66.9 Å². The third-order valence-electron chi connectivity index (χ3n) is 10.4. The first-order valence-corrected chi connectivity index (χ1v) is 19.0. The summed E-state index contributed by atoms with van der Waals surface area (Å²) >= 11 is 10.4. The summed E-state index contributed by atoms with van der Waals surface area (Å²) in [6.07, 6.45) is 2.47. The Kier molecular flexibility index (Phi) is 11.9. The lowest BCUT2D eigenvalue weighted by atomic mass is 9.70. The van der Waals surface area contributed by atoms with Gasteiger partial charge in [0.05, 0.1) is 47.3 Å². The number of nitrogens with one attached hydrogen (secondary N) is 1. The van der Waals surface area contributed by atoms with Gasteiger partial charge in [-0.1, -0.05) is 112 Å². The Balaban J connectivity index is 1.42. The highest BCUT2D eigenvalue weighted by Gasteiger charge is 2.78. The molecule has 1 spiro atoms. The van der Waals surface area contributed by atoms with Crippen LogP contribution in [0.4, 0.5) is 5.69 Å². The van der Waals surface area contributed by atoms with E-state index in [1.54, 1.807) is 67.6 Å². The number of anilines is 1. The number of para-hydroxylation sites is 1. The Labute approximate surface area is 322 Å². The Morgan fingerprint density at radius 2 is 1.70 bits per heavy atom. The summed E-state index contributed by atoms with van der Waals surface area (Å²) in [7, 11) is 0. The largest absolute Gasteiger partial charge is 0.455 e. The number of rotatable bonds is 15. The highest BCUT2D eigenvalue weighted by Crippen LogP contribution is 2.62. The summed E-state index contributed by atoms with van der Waals surface area (Å²) in [5, 5.41) is 14.2. The molecule has 3 saturated heterocycles. The minimum absolute atomic E-state index is 0.0682. The molecule has 3 heterocycles. The standard InChI is InChI=1S/C41H43BrClN3O7/c1-4-6-21-32(48)44-25(3)35(27-17-11-8-12-18-27)52-40(51)33-34-38(49)46(31(24-47)26-15-9-7-10-16-26)37(41(34)23-28(42)36(33)53-41)39(50)45(22-5-2)30-20-14-13-19-29(30)43/h4-5,7-20,25,28,31,33-37,47H,1-2,6,21-24H2,3H3,(H,44,48)/t25-,28?,31-,33+,34-,35-,36+,37+,41-/m1/s1. The van der Waals surface area contributed by atoms with Crippen molar-refractivity contribution >= 4 is 56.9 Å². The summed E-state index contributed by atoms with van der Waals surface area (Å²) in [5.41, 5.74) is 0.218. The minimum Gasteiger partial charge on any atom is -0.455 e. The molecular weight excluding hydrogens is 762 g/mol. The highest BCUT2D eigenvalue weighted by molar-refractivity contribution is 9.09. The van der Waals surface area contributed by atoms with E-state index >= 15 is 9.59 Å². The van der Waals surface area contributed by atoms with E-state index in [0.717, 1.165) is 0 Å². The van der Waals surface area contributed by atoms with Gasteiger partial charge in [0.1, 0.15) is 17.7 Å². The molecule has 3 aliphatic rings. The first-order valence-electron chi connectivity index (χ1n) is 17.7. The Morgan fingerprint density at radius 3 is 2.32 bits per heavy atom. The maximum atomic E-state index is 15.1. The molecule has 10 nitrogen and oxygen atoms in total. The molecule has 9 atom stereocenters. The third-order valence-corrected chi connectivity index (χ3v) is 11.6. The summed E-state index contributed by atoms with van der Waals surface area (Å²) in [4.78, 5) is 60.0. The van der Waals surface area contributed by atoms with Crippen molar-refractivity contribution in [1.82, 2.24) is 10.2 Å². The van der Waals surface area contributed by atoms with Gasteiger partial charge in [-0.2, -0.15) is 0 Å². The first kappa shape index (κ1) is 38.4. The molecular formula is C41H43BrClN3O7. The molecule has 3 aromatic carbocycles. The number of carbonyl (C=O) groups is 4. The molecule has 2 N–H and O–H groups in total. The normalized spacial score (nSPS) is 25.9. The van der Waals surface area contributed by atoms with Crippen molar-refractivity contribution in [2.24, 2.45) is 11.8 Å². The molecule has 0 aromatic heterocycles. The number of fused-ring (bicyclic) bond motifs is 1. The van der Waals surface area contributed by atoms with E-state index in [1.165, 1.54) is 9.80 Å². The molecule has 3 aromatic rings. The van der Waals surface area contributed by atoms with E-state index in [9.17, 15) is 14.7 Å². The summed E-state index contributed by atoms with van der Waals surface area (Å²) in [5.74, 6) is -4.14. The van der Waals surface area contributed by atoms with Gasteiger partial charge in [0.2, 0.25) is 11.8 Å². The van der Waals surface area contributed by atoms with Crippen molar-refractivity contribution in [2.75, 3.05) is 18.1 Å². The average molecular weight is 805 g/mol. The number of carbonyl (C=O) groups excluding carboxylic acids is 4. The van der Waals surface area contributed by atoms with Gasteiger partial charge >= 0.3 is 5.97 Å². The molecule has 0 radical (unpaired) electrons. The quantitative estimate of drug-likeness (QED) is 0.108. The van der Waals surface area contributed by atoms with Crippen LogP contribution < -0.4 is 10.2 Å². The second-order valence-electron chi connectivity index (χ2n) is 13.7. The van der Waals surface area contributed by atoms with E-state index in [2.05, 4.69) is 34.4 Å². The lowest BCUT2D eigenvalue weighted by Crippen LogP contribution is -2.57. The number of aliphatic hydroxyl groups excluding tert-OH is 1. The number of alkyl halides is 1. The molecule has 3 amide bonds. The highest BCUT2D eigenvalue weighted by atomic mass is 79.9. The molecule has 12 heteroatoms. The summed E-state index contributed by atoms with van der Waals surface area (Å²) in [6.45, 7) is 8.88. The lowest BCUT2D eigenvalue weighted by molar-refractivity contribution is -0.162. The second kappa shape index (κ2) is 16.4. The SMILES string of the molecule is C=CCCC(=O)N[C@H](C)[C@@H](OC(=O)[C@@H]1[C@H]2O[C@@]3(CC2Br)[C@H](C(=O)N(CC=C)c2ccccc2Cl)N([C@H](CO)c2ccccc2)C(=O)[C@@H]13)c1ccccc1. The van der Waals surface area contributed by atoms with E-state index in [-0.39, 0.29) is 25.3 Å². The summed E-state index contributed by atoms with van der Waals surface area (Å²) < 4.78 is 13.1. The number of aliphatic hydroxyl groups is 1. The maximum Gasteiger partial charge on any atom is 0.313 e. The van der Waals surface area contributed by atoms with E-state index < -0.39 is 77.0 Å². The maximum absolute atomic E-state index is 15.1. The van der Waals surface area contributed by atoms with Crippen LogP contribution in [0.3, 0.4) is 0 Å². The minimum atomic E-state index is -1.47. The van der Waals surface area contributed by atoms with Crippen LogP contribution in [0.15, 0.2) is 110 Å². The molecule has 3 fully saturated rings. The van der Waals surface area contributed by atoms with E-state index in [4.69, 9.17) is 21.1 Å². The number of amides is 3. The van der Waals surface area contributed by atoms with Crippen LogP contribution in [0.25, 0.3) is 0 Å². The zero-order chi connectivity index (χ0) is 37.9. The molecule has 2 bridgehead atoms. The molecule has 6 rings (SSSR count). The van der Waals surface area contributed by atoms with Gasteiger partial charge in [0.15, 0.2) is 0 Å². The van der Waals surface area contributed by atoms with Gasteiger partial charge in [-0.25, -0.2) is 0 Å². The summed E-state index contributed by atoms with van der Waals surface area (Å²) in [6, 6.07) is 22.1. The van der Waals surface area contributed by atoms with E-state index in [0.29, 0.717) is 28.3 Å². The number of hydrogen-bond donors (Lipinski definition) is 2. The fourth-order valence-corrected chi connectivity index (χ4v) is 9.36. The molecule has 53 heavy (non-hydrogen) atoms. The van der Waals surface area contributed by atoms with Crippen LogP contribution in [-0.2, 0) is 28.7 Å². The van der Waals surface area contributed by atoms with Crippen molar-refractivity contribution in [3.8, 4) is 0 Å². The first-order chi connectivity index (χ1) is 25.6. The van der Waals surface area contributed by atoms with E-state index in [1.807, 2.05) is 36.4 Å². The van der Waals surface area contributed by atoms with Gasteiger partial charge in [-0.3, -0.25) is 19.2 Å². The fourth-order valence-electron chi connectivity index (χ4n) is 8.18. The van der Waals surface area contributed by atoms with Crippen molar-refractivity contribution in [3.63, 3.8) is 0 Å². The number of halogens is 2. The topological polar surface area (TPSA) is 125 Å². The lowest BCUT2D eigenvalue weighted by Gasteiger charge is -2.39. The molecule has 1 unspecified atom stereocenters. The number of esters is 1. The van der Waals surface area contributed by atoms with Gasteiger partial charge in [-0.05, 0) is 43.0 Å². The molecule has 3 aliphatic heterocycles. The van der Waals surface area contributed by atoms with Gasteiger partial charge in [0.25, 0.3) is 5.91 Å².